The molecule has 0 amide bonds. The first kappa shape index (κ1) is 13.7. The molecular formula is C10H14ClNO3. The largest absolute Gasteiger partial charge is 0.496 e. The Morgan fingerprint density at radius 1 is 1.53 bits per heavy atom. The number of benzene rings is 1. The first-order valence-electron chi connectivity index (χ1n) is 4.23. The summed E-state index contributed by atoms with van der Waals surface area (Å²) >= 11 is 0. The number of carboxylic acids is 1. The fourth-order valence-corrected chi connectivity index (χ4v) is 1.18. The van der Waals surface area contributed by atoms with Gasteiger partial charge in [-0.2, -0.15) is 0 Å². The number of rotatable bonds is 3. The van der Waals surface area contributed by atoms with E-state index >= 15 is 0 Å². The average Bonchev–Trinajstić information content (AvgIpc) is 2.16. The molecule has 3 N–H and O–H groups in total. The van der Waals surface area contributed by atoms with E-state index in [1.165, 1.54) is 13.2 Å². The molecular weight excluding hydrogens is 218 g/mol. The van der Waals surface area contributed by atoms with Gasteiger partial charge in [0, 0.05) is 6.04 Å². The summed E-state index contributed by atoms with van der Waals surface area (Å²) in [5.74, 6) is -0.661. The van der Waals surface area contributed by atoms with Crippen LogP contribution in [0.5, 0.6) is 5.75 Å². The Labute approximate surface area is 94.5 Å². The fourth-order valence-electron chi connectivity index (χ4n) is 1.18. The van der Waals surface area contributed by atoms with Crippen molar-refractivity contribution in [3.63, 3.8) is 0 Å². The third kappa shape index (κ3) is 3.11. The number of carbonyl (C=O) groups is 1. The van der Waals surface area contributed by atoms with Gasteiger partial charge in [-0.1, -0.05) is 6.07 Å². The van der Waals surface area contributed by atoms with E-state index < -0.39 is 5.97 Å². The van der Waals surface area contributed by atoms with Gasteiger partial charge in [-0.25, -0.2) is 4.79 Å². The number of ether oxygens (including phenoxy) is 1. The van der Waals surface area contributed by atoms with Gasteiger partial charge in [0.25, 0.3) is 0 Å². The lowest BCUT2D eigenvalue weighted by Crippen LogP contribution is -2.08. The number of hydrogen-bond acceptors (Lipinski definition) is 3. The Bertz CT molecular complexity index is 353. The molecule has 0 bridgehead atoms. The molecule has 0 saturated carbocycles. The molecule has 0 heterocycles. The zero-order valence-corrected chi connectivity index (χ0v) is 9.38. The van der Waals surface area contributed by atoms with Crippen LogP contribution >= 0.6 is 12.4 Å². The van der Waals surface area contributed by atoms with Crippen LogP contribution in [0.25, 0.3) is 0 Å². The highest BCUT2D eigenvalue weighted by molar-refractivity contribution is 5.91. The minimum atomic E-state index is -1.01. The Kier molecular flexibility index (Phi) is 5.11. The molecule has 0 spiro atoms. The Morgan fingerprint density at radius 3 is 2.53 bits per heavy atom. The Hall–Kier alpha value is -1.26. The molecule has 1 aromatic carbocycles. The summed E-state index contributed by atoms with van der Waals surface area (Å²) in [5.41, 5.74) is 6.56. The maximum Gasteiger partial charge on any atom is 0.339 e. The van der Waals surface area contributed by atoms with E-state index in [-0.39, 0.29) is 24.0 Å². The van der Waals surface area contributed by atoms with Crippen molar-refractivity contribution in [2.24, 2.45) is 5.73 Å². The molecule has 0 aliphatic heterocycles. The van der Waals surface area contributed by atoms with E-state index in [1.54, 1.807) is 19.1 Å². The first-order valence-corrected chi connectivity index (χ1v) is 4.23. The molecule has 15 heavy (non-hydrogen) atoms. The smallest absolute Gasteiger partial charge is 0.339 e. The second kappa shape index (κ2) is 5.58. The predicted octanol–water partition coefficient (Wildman–Crippen LogP) is 1.83. The molecule has 1 aromatic rings. The van der Waals surface area contributed by atoms with Crippen molar-refractivity contribution in [1.29, 1.82) is 0 Å². The van der Waals surface area contributed by atoms with E-state index in [1.807, 2.05) is 0 Å². The molecule has 0 aliphatic carbocycles. The standard InChI is InChI=1S/C10H13NO3.ClH/c1-6(11)7-3-4-9(14-2)8(5-7)10(12)13;/h3-6H,11H2,1-2H3,(H,12,13);1H/t6-;/m0./s1. The minimum absolute atomic E-state index is 0. The lowest BCUT2D eigenvalue weighted by molar-refractivity contribution is 0.0693. The molecule has 0 fully saturated rings. The zero-order chi connectivity index (χ0) is 10.7. The van der Waals surface area contributed by atoms with Crippen LogP contribution in [-0.2, 0) is 0 Å². The van der Waals surface area contributed by atoms with Crippen molar-refractivity contribution >= 4 is 18.4 Å². The number of carboxylic acid groups (broad SMARTS) is 1. The lowest BCUT2D eigenvalue weighted by Gasteiger charge is -2.09. The molecule has 0 unspecified atom stereocenters. The molecule has 1 atom stereocenters. The highest BCUT2D eigenvalue weighted by Gasteiger charge is 2.12. The van der Waals surface area contributed by atoms with Crippen LogP contribution < -0.4 is 10.5 Å². The highest BCUT2D eigenvalue weighted by Crippen LogP contribution is 2.22. The summed E-state index contributed by atoms with van der Waals surface area (Å²) in [6.45, 7) is 1.80. The second-order valence-electron chi connectivity index (χ2n) is 3.05. The van der Waals surface area contributed by atoms with Crippen molar-refractivity contribution in [2.75, 3.05) is 7.11 Å². The van der Waals surface area contributed by atoms with Crippen molar-refractivity contribution in [3.05, 3.63) is 29.3 Å². The van der Waals surface area contributed by atoms with Crippen LogP contribution in [-0.4, -0.2) is 18.2 Å². The second-order valence-corrected chi connectivity index (χ2v) is 3.05. The number of aromatic carboxylic acids is 1. The molecule has 5 heteroatoms. The van der Waals surface area contributed by atoms with E-state index in [4.69, 9.17) is 15.6 Å². The van der Waals surface area contributed by atoms with E-state index in [2.05, 4.69) is 0 Å². The van der Waals surface area contributed by atoms with Crippen LogP contribution in [0, 0.1) is 0 Å². The number of methoxy groups -OCH3 is 1. The molecule has 0 aliphatic rings. The quantitative estimate of drug-likeness (QED) is 0.833. The van der Waals surface area contributed by atoms with E-state index in [0.29, 0.717) is 5.75 Å². The molecule has 0 radical (unpaired) electrons. The normalized spacial score (nSPS) is 11.4. The molecule has 0 saturated heterocycles. The summed E-state index contributed by atoms with van der Waals surface area (Å²) < 4.78 is 4.92. The maximum absolute atomic E-state index is 10.8. The SMILES string of the molecule is COc1ccc([C@H](C)N)cc1C(=O)O.Cl. The van der Waals surface area contributed by atoms with Crippen LogP contribution in [0.3, 0.4) is 0 Å². The van der Waals surface area contributed by atoms with Crippen molar-refractivity contribution in [2.45, 2.75) is 13.0 Å². The minimum Gasteiger partial charge on any atom is -0.496 e. The van der Waals surface area contributed by atoms with Gasteiger partial charge in [-0.15, -0.1) is 12.4 Å². The number of hydrogen-bond donors (Lipinski definition) is 2. The molecule has 84 valence electrons. The van der Waals surface area contributed by atoms with E-state index in [9.17, 15) is 4.79 Å². The molecule has 0 aromatic heterocycles. The predicted molar refractivity (Wildman–Crippen MR) is 59.8 cm³/mol. The molecule has 1 rings (SSSR count). The lowest BCUT2D eigenvalue weighted by atomic mass is 10.1. The van der Waals surface area contributed by atoms with Gasteiger partial charge in [-0.3, -0.25) is 0 Å². The Balaban J connectivity index is 0.00000196. The number of halogens is 1. The summed E-state index contributed by atoms with van der Waals surface area (Å²) in [6.07, 6.45) is 0. The van der Waals surface area contributed by atoms with E-state index in [0.717, 1.165) is 5.56 Å². The third-order valence-electron chi connectivity index (χ3n) is 1.98. The Morgan fingerprint density at radius 2 is 2.13 bits per heavy atom. The summed E-state index contributed by atoms with van der Waals surface area (Å²) in [5, 5.41) is 8.88. The zero-order valence-electron chi connectivity index (χ0n) is 8.56. The summed E-state index contributed by atoms with van der Waals surface area (Å²) in [4.78, 5) is 10.8. The van der Waals surface area contributed by atoms with Gasteiger partial charge in [0.05, 0.1) is 7.11 Å². The summed E-state index contributed by atoms with van der Waals surface area (Å²) in [6, 6.07) is 4.73. The topological polar surface area (TPSA) is 72.5 Å². The number of nitrogens with two attached hydrogens (primary N) is 1. The first-order chi connectivity index (χ1) is 6.56. The van der Waals surface area contributed by atoms with Crippen molar-refractivity contribution in [1.82, 2.24) is 0 Å². The van der Waals surface area contributed by atoms with Gasteiger partial charge >= 0.3 is 5.97 Å². The van der Waals surface area contributed by atoms with Gasteiger partial charge in [0.1, 0.15) is 11.3 Å². The van der Waals surface area contributed by atoms with Crippen LogP contribution in [0.15, 0.2) is 18.2 Å². The van der Waals surface area contributed by atoms with Crippen molar-refractivity contribution in [3.8, 4) is 5.75 Å². The van der Waals surface area contributed by atoms with Crippen LogP contribution in [0.2, 0.25) is 0 Å². The van der Waals surface area contributed by atoms with Gasteiger partial charge in [0.15, 0.2) is 0 Å². The van der Waals surface area contributed by atoms with Gasteiger partial charge in [0.2, 0.25) is 0 Å². The molecule has 4 nitrogen and oxygen atoms in total. The van der Waals surface area contributed by atoms with Crippen LogP contribution in [0.4, 0.5) is 0 Å². The maximum atomic E-state index is 10.8. The van der Waals surface area contributed by atoms with Crippen LogP contribution in [0.1, 0.15) is 28.9 Å². The fraction of sp³-hybridized carbons (Fsp3) is 0.300. The van der Waals surface area contributed by atoms with Crippen molar-refractivity contribution < 1.29 is 14.6 Å². The van der Waals surface area contributed by atoms with Gasteiger partial charge in [-0.05, 0) is 24.6 Å². The average molecular weight is 232 g/mol. The highest BCUT2D eigenvalue weighted by atomic mass is 35.5. The van der Waals surface area contributed by atoms with Gasteiger partial charge < -0.3 is 15.6 Å². The summed E-state index contributed by atoms with van der Waals surface area (Å²) in [7, 11) is 1.44. The third-order valence-corrected chi connectivity index (χ3v) is 1.98. The monoisotopic (exact) mass is 231 g/mol.